The second-order valence-corrected chi connectivity index (χ2v) is 4.32. The summed E-state index contributed by atoms with van der Waals surface area (Å²) >= 11 is 0. The van der Waals surface area contributed by atoms with Gasteiger partial charge in [-0.15, -0.1) is 0 Å². The van der Waals surface area contributed by atoms with Gasteiger partial charge in [-0.3, -0.25) is 0 Å². The third-order valence-corrected chi connectivity index (χ3v) is 2.94. The Morgan fingerprint density at radius 3 is 2.47 bits per heavy atom. The Kier molecular flexibility index (Phi) is 3.71. The van der Waals surface area contributed by atoms with Crippen LogP contribution >= 0.6 is 0 Å². The maximum absolute atomic E-state index is 5.80. The van der Waals surface area contributed by atoms with Crippen molar-refractivity contribution in [3.63, 3.8) is 0 Å². The highest BCUT2D eigenvalue weighted by molar-refractivity contribution is 5.30. The molecule has 1 aliphatic heterocycles. The number of benzene rings is 2. The summed E-state index contributed by atoms with van der Waals surface area (Å²) in [4.78, 5) is 0. The fourth-order valence-corrected chi connectivity index (χ4v) is 1.94. The summed E-state index contributed by atoms with van der Waals surface area (Å²) in [7, 11) is 0. The van der Waals surface area contributed by atoms with Gasteiger partial charge in [0.25, 0.3) is 0 Å². The summed E-state index contributed by atoms with van der Waals surface area (Å²) in [5, 5.41) is 0. The van der Waals surface area contributed by atoms with Crippen molar-refractivity contribution < 1.29 is 4.74 Å². The van der Waals surface area contributed by atoms with Gasteiger partial charge in [0.2, 0.25) is 0 Å². The Morgan fingerprint density at radius 1 is 0.895 bits per heavy atom. The van der Waals surface area contributed by atoms with E-state index in [1.807, 2.05) is 42.5 Å². The van der Waals surface area contributed by atoms with Crippen LogP contribution in [0, 0.1) is 0 Å². The summed E-state index contributed by atoms with van der Waals surface area (Å²) < 4.78 is 5.80. The van der Waals surface area contributed by atoms with Crippen LogP contribution < -0.4 is 26.7 Å². The molecule has 0 atom stereocenters. The smallest absolute Gasteiger partial charge is 0.120 e. The molecular weight excluding hydrogens is 240 g/mol. The molecule has 2 aromatic rings. The molecule has 0 spiro atoms. The van der Waals surface area contributed by atoms with Crippen molar-refractivity contribution in [3.05, 3.63) is 65.7 Å². The van der Waals surface area contributed by atoms with E-state index in [0.29, 0.717) is 6.61 Å². The first-order valence-electron chi connectivity index (χ1n) is 6.19. The minimum atomic E-state index is 0.0280. The molecule has 0 bridgehead atoms. The highest BCUT2D eigenvalue weighted by Gasteiger charge is 2.14. The lowest BCUT2D eigenvalue weighted by atomic mass is 10.1. The minimum Gasteiger partial charge on any atom is -0.489 e. The van der Waals surface area contributed by atoms with E-state index in [9.17, 15) is 0 Å². The zero-order valence-electron chi connectivity index (χ0n) is 10.4. The molecule has 1 fully saturated rings. The topological polar surface area (TPSA) is 57.4 Å². The average Bonchev–Trinajstić information content (AvgIpc) is 3.01. The second-order valence-electron chi connectivity index (χ2n) is 4.32. The Hall–Kier alpha value is -1.92. The van der Waals surface area contributed by atoms with Crippen LogP contribution in [0.3, 0.4) is 0 Å². The van der Waals surface area contributed by atoms with E-state index in [1.165, 1.54) is 0 Å². The van der Waals surface area contributed by atoms with Crippen LogP contribution in [0.25, 0.3) is 0 Å². The van der Waals surface area contributed by atoms with Gasteiger partial charge in [-0.1, -0.05) is 42.5 Å². The molecule has 98 valence electrons. The number of nitrogens with one attached hydrogen (secondary N) is 4. The maximum Gasteiger partial charge on any atom is 0.120 e. The molecule has 5 nitrogen and oxygen atoms in total. The normalized spacial score (nSPS) is 15.6. The molecule has 19 heavy (non-hydrogen) atoms. The lowest BCUT2D eigenvalue weighted by molar-refractivity contribution is 0.305. The number of hydrogen-bond donors (Lipinski definition) is 4. The first kappa shape index (κ1) is 12.1. The summed E-state index contributed by atoms with van der Waals surface area (Å²) in [5.74, 6) is 0.858. The Balaban J connectivity index is 1.66. The van der Waals surface area contributed by atoms with Gasteiger partial charge < -0.3 is 4.74 Å². The monoisotopic (exact) mass is 256 g/mol. The van der Waals surface area contributed by atoms with E-state index >= 15 is 0 Å². The number of ether oxygens (including phenoxy) is 1. The van der Waals surface area contributed by atoms with E-state index in [4.69, 9.17) is 4.74 Å². The van der Waals surface area contributed by atoms with Crippen LogP contribution in [0.5, 0.6) is 5.75 Å². The number of hydrazine groups is 3. The molecule has 0 aromatic heterocycles. The van der Waals surface area contributed by atoms with Crippen molar-refractivity contribution >= 4 is 0 Å². The van der Waals surface area contributed by atoms with Gasteiger partial charge in [0.05, 0.1) is 0 Å². The zero-order valence-corrected chi connectivity index (χ0v) is 10.4. The van der Waals surface area contributed by atoms with E-state index < -0.39 is 0 Å². The van der Waals surface area contributed by atoms with Crippen LogP contribution in [0.4, 0.5) is 0 Å². The van der Waals surface area contributed by atoms with E-state index in [1.54, 1.807) is 0 Å². The molecule has 2 aromatic carbocycles. The fraction of sp³-hybridized carbons (Fsp3) is 0.143. The number of rotatable bonds is 4. The lowest BCUT2D eigenvalue weighted by Crippen LogP contribution is -2.33. The first-order chi connectivity index (χ1) is 9.42. The highest BCUT2D eigenvalue weighted by atomic mass is 16.5. The molecule has 3 rings (SSSR count). The number of hydrogen-bond acceptors (Lipinski definition) is 5. The molecule has 4 N–H and O–H groups in total. The quantitative estimate of drug-likeness (QED) is 0.666. The standard InChI is InChI=1S/C14H16N4O/c1-2-5-11(6-3-1)10-19-13-8-4-7-12(9-13)14-15-17-18-16-14/h1-9,14-18H,10H2. The molecular formula is C14H16N4O. The largest absolute Gasteiger partial charge is 0.489 e. The van der Waals surface area contributed by atoms with Crippen molar-refractivity contribution in [1.82, 2.24) is 21.9 Å². The summed E-state index contributed by atoms with van der Waals surface area (Å²) in [6.07, 6.45) is 0.0280. The van der Waals surface area contributed by atoms with Crippen molar-refractivity contribution in [3.8, 4) is 5.75 Å². The molecule has 0 radical (unpaired) electrons. The van der Waals surface area contributed by atoms with Gasteiger partial charge in [0.1, 0.15) is 18.5 Å². The molecule has 0 saturated carbocycles. The molecule has 0 aliphatic carbocycles. The van der Waals surface area contributed by atoms with Gasteiger partial charge in [-0.05, 0) is 23.3 Å². The highest BCUT2D eigenvalue weighted by Crippen LogP contribution is 2.19. The molecule has 5 heteroatoms. The third kappa shape index (κ3) is 3.10. The third-order valence-electron chi connectivity index (χ3n) is 2.94. The SMILES string of the molecule is c1ccc(COc2cccc(C3NNNN3)c2)cc1. The molecule has 1 aliphatic rings. The molecule has 1 heterocycles. The first-order valence-corrected chi connectivity index (χ1v) is 6.19. The van der Waals surface area contributed by atoms with Gasteiger partial charge >= 0.3 is 0 Å². The van der Waals surface area contributed by atoms with Crippen molar-refractivity contribution in [2.24, 2.45) is 0 Å². The fourth-order valence-electron chi connectivity index (χ4n) is 1.94. The summed E-state index contributed by atoms with van der Waals surface area (Å²) in [5.41, 5.74) is 13.9. The van der Waals surface area contributed by atoms with Gasteiger partial charge in [0.15, 0.2) is 0 Å². The molecule has 0 amide bonds. The van der Waals surface area contributed by atoms with E-state index in [-0.39, 0.29) is 6.17 Å². The van der Waals surface area contributed by atoms with Crippen LogP contribution in [0.2, 0.25) is 0 Å². The summed E-state index contributed by atoms with van der Waals surface area (Å²) in [6.45, 7) is 0.576. The van der Waals surface area contributed by atoms with Gasteiger partial charge in [0, 0.05) is 0 Å². The van der Waals surface area contributed by atoms with Crippen LogP contribution in [-0.2, 0) is 6.61 Å². The minimum absolute atomic E-state index is 0.0280. The van der Waals surface area contributed by atoms with Gasteiger partial charge in [-0.25, -0.2) is 10.9 Å². The summed E-state index contributed by atoms with van der Waals surface area (Å²) in [6, 6.07) is 18.1. The predicted octanol–water partition coefficient (Wildman–Crippen LogP) is 1.38. The van der Waals surface area contributed by atoms with Crippen LogP contribution in [-0.4, -0.2) is 0 Å². The van der Waals surface area contributed by atoms with Crippen molar-refractivity contribution in [1.29, 1.82) is 0 Å². The molecule has 0 unspecified atom stereocenters. The molecule has 1 saturated heterocycles. The van der Waals surface area contributed by atoms with E-state index in [2.05, 4.69) is 34.1 Å². The second kappa shape index (κ2) is 5.81. The lowest BCUT2D eigenvalue weighted by Gasteiger charge is -2.12. The Bertz CT molecular complexity index is 526. The zero-order chi connectivity index (χ0) is 12.9. The van der Waals surface area contributed by atoms with Crippen LogP contribution in [0.15, 0.2) is 54.6 Å². The van der Waals surface area contributed by atoms with Crippen molar-refractivity contribution in [2.45, 2.75) is 12.8 Å². The maximum atomic E-state index is 5.80. The predicted molar refractivity (Wildman–Crippen MR) is 72.5 cm³/mol. The average molecular weight is 256 g/mol. The van der Waals surface area contributed by atoms with Crippen LogP contribution in [0.1, 0.15) is 17.3 Å². The Morgan fingerprint density at radius 2 is 1.68 bits per heavy atom. The van der Waals surface area contributed by atoms with Gasteiger partial charge in [-0.2, -0.15) is 11.1 Å². The van der Waals surface area contributed by atoms with Crippen molar-refractivity contribution in [2.75, 3.05) is 0 Å². The van der Waals surface area contributed by atoms with E-state index in [0.717, 1.165) is 16.9 Å². The Labute approximate surface area is 111 Å².